The zero-order chi connectivity index (χ0) is 16.5. The molecule has 1 aliphatic heterocycles. The molecular formula is C21H20O3. The Balaban J connectivity index is 1.79. The van der Waals surface area contributed by atoms with Crippen molar-refractivity contribution in [2.24, 2.45) is 5.92 Å². The Hall–Kier alpha value is -2.68. The molecule has 1 atom stereocenters. The Morgan fingerprint density at radius 3 is 2.83 bits per heavy atom. The maximum Gasteiger partial charge on any atom is 0.130 e. The van der Waals surface area contributed by atoms with Crippen LogP contribution in [0, 0.1) is 5.92 Å². The monoisotopic (exact) mass is 320 g/mol. The van der Waals surface area contributed by atoms with Crippen LogP contribution in [0.25, 0.3) is 12.2 Å². The van der Waals surface area contributed by atoms with Gasteiger partial charge in [0.25, 0.3) is 0 Å². The lowest BCUT2D eigenvalue weighted by molar-refractivity contribution is 0.381. The third kappa shape index (κ3) is 2.56. The first-order chi connectivity index (χ1) is 11.8. The number of hydrogen-bond donors (Lipinski definition) is 0. The van der Waals surface area contributed by atoms with E-state index in [-0.39, 0.29) is 5.92 Å². The first kappa shape index (κ1) is 14.9. The number of ether oxygens (including phenoxy) is 3. The van der Waals surface area contributed by atoms with E-state index >= 15 is 0 Å². The van der Waals surface area contributed by atoms with Gasteiger partial charge in [0.1, 0.15) is 23.0 Å². The zero-order valence-electron chi connectivity index (χ0n) is 13.9. The van der Waals surface area contributed by atoms with Gasteiger partial charge in [-0.05, 0) is 54.3 Å². The van der Waals surface area contributed by atoms with E-state index in [4.69, 9.17) is 14.2 Å². The van der Waals surface area contributed by atoms with Gasteiger partial charge in [-0.25, -0.2) is 0 Å². The molecule has 0 amide bonds. The molecule has 2 aromatic carbocycles. The molecule has 0 spiro atoms. The topological polar surface area (TPSA) is 27.7 Å². The van der Waals surface area contributed by atoms with Crippen LogP contribution in [0.15, 0.2) is 48.2 Å². The minimum Gasteiger partial charge on any atom is -0.497 e. The molecular weight excluding hydrogens is 300 g/mol. The van der Waals surface area contributed by atoms with Gasteiger partial charge in [-0.15, -0.1) is 0 Å². The highest BCUT2D eigenvalue weighted by Crippen LogP contribution is 2.38. The Labute approximate surface area is 142 Å². The van der Waals surface area contributed by atoms with Crippen molar-refractivity contribution in [2.75, 3.05) is 14.2 Å². The summed E-state index contributed by atoms with van der Waals surface area (Å²) in [5.41, 5.74) is 3.43. The lowest BCUT2D eigenvalue weighted by Crippen LogP contribution is -2.04. The van der Waals surface area contributed by atoms with Crippen molar-refractivity contribution in [2.45, 2.75) is 12.8 Å². The van der Waals surface area contributed by atoms with E-state index in [9.17, 15) is 0 Å². The van der Waals surface area contributed by atoms with Crippen LogP contribution in [0.2, 0.25) is 0 Å². The fourth-order valence-corrected chi connectivity index (χ4v) is 3.36. The predicted molar refractivity (Wildman–Crippen MR) is 95.4 cm³/mol. The lowest BCUT2D eigenvalue weighted by atomic mass is 9.98. The smallest absolute Gasteiger partial charge is 0.130 e. The Bertz CT molecular complexity index is 833. The molecule has 0 radical (unpaired) electrons. The third-order valence-electron chi connectivity index (χ3n) is 4.70. The predicted octanol–water partition coefficient (Wildman–Crippen LogP) is 4.71. The fraction of sp³-hybridized carbons (Fsp3) is 0.238. The van der Waals surface area contributed by atoms with Gasteiger partial charge < -0.3 is 14.2 Å². The molecule has 0 bridgehead atoms. The highest BCUT2D eigenvalue weighted by atomic mass is 16.5. The highest BCUT2D eigenvalue weighted by molar-refractivity contribution is 5.73. The average Bonchev–Trinajstić information content (AvgIpc) is 2.89. The summed E-state index contributed by atoms with van der Waals surface area (Å²) in [4.78, 5) is 0. The summed E-state index contributed by atoms with van der Waals surface area (Å²) < 4.78 is 17.2. The third-order valence-corrected chi connectivity index (χ3v) is 4.70. The van der Waals surface area contributed by atoms with E-state index in [1.54, 1.807) is 14.2 Å². The molecule has 0 N–H and O–H groups in total. The molecule has 4 rings (SSSR count). The number of allylic oxidation sites excluding steroid dienone is 1. The van der Waals surface area contributed by atoms with Crippen molar-refractivity contribution in [1.82, 2.24) is 0 Å². The van der Waals surface area contributed by atoms with Gasteiger partial charge in [0.05, 0.1) is 14.2 Å². The number of aryl methyl sites for hydroxylation is 1. The molecule has 3 nitrogen and oxygen atoms in total. The summed E-state index contributed by atoms with van der Waals surface area (Å²) in [7, 11) is 3.40. The maximum absolute atomic E-state index is 6.30. The van der Waals surface area contributed by atoms with Crippen LogP contribution in [0.1, 0.15) is 23.1 Å². The number of hydrogen-bond acceptors (Lipinski definition) is 3. The summed E-state index contributed by atoms with van der Waals surface area (Å²) in [5, 5.41) is 0. The Morgan fingerprint density at radius 1 is 1.08 bits per heavy atom. The van der Waals surface area contributed by atoms with Crippen molar-refractivity contribution in [3.05, 3.63) is 64.9 Å². The fourth-order valence-electron chi connectivity index (χ4n) is 3.36. The largest absolute Gasteiger partial charge is 0.497 e. The van der Waals surface area contributed by atoms with Gasteiger partial charge in [-0.1, -0.05) is 24.3 Å². The van der Waals surface area contributed by atoms with Crippen LogP contribution >= 0.6 is 0 Å². The minimum atomic E-state index is 0.264. The van der Waals surface area contributed by atoms with E-state index < -0.39 is 0 Å². The molecule has 2 aliphatic rings. The summed E-state index contributed by atoms with van der Waals surface area (Å²) in [6, 6.07) is 12.1. The quantitative estimate of drug-likeness (QED) is 0.802. The summed E-state index contributed by atoms with van der Waals surface area (Å²) in [6.07, 6.45) is 8.51. The average molecular weight is 320 g/mol. The highest BCUT2D eigenvalue weighted by Gasteiger charge is 2.24. The molecule has 122 valence electrons. The SMILES string of the molecule is COc1ccc2c(c1)CCC1C=Cc3cccc(OC)c3C=C1O2. The minimum absolute atomic E-state index is 0.264. The second-order valence-electron chi connectivity index (χ2n) is 6.09. The van der Waals surface area contributed by atoms with Crippen molar-refractivity contribution >= 4 is 12.2 Å². The van der Waals surface area contributed by atoms with Gasteiger partial charge in [0.15, 0.2) is 0 Å². The van der Waals surface area contributed by atoms with Crippen LogP contribution < -0.4 is 14.2 Å². The molecule has 24 heavy (non-hydrogen) atoms. The van der Waals surface area contributed by atoms with E-state index in [1.165, 1.54) is 5.56 Å². The number of rotatable bonds is 2. The van der Waals surface area contributed by atoms with E-state index in [0.29, 0.717) is 0 Å². The second kappa shape index (κ2) is 6.08. The van der Waals surface area contributed by atoms with E-state index in [2.05, 4.69) is 30.4 Å². The number of fused-ring (bicyclic) bond motifs is 3. The van der Waals surface area contributed by atoms with Crippen LogP contribution in [0.3, 0.4) is 0 Å². The molecule has 1 aliphatic carbocycles. The molecule has 0 aromatic heterocycles. The summed E-state index contributed by atoms with van der Waals surface area (Å²) in [5.74, 6) is 3.89. The van der Waals surface area contributed by atoms with E-state index in [0.717, 1.165) is 47.0 Å². The first-order valence-corrected chi connectivity index (χ1v) is 8.20. The second-order valence-corrected chi connectivity index (χ2v) is 6.09. The summed E-state index contributed by atoms with van der Waals surface area (Å²) >= 11 is 0. The normalized spacial score (nSPS) is 18.1. The molecule has 2 aromatic rings. The van der Waals surface area contributed by atoms with Crippen LogP contribution in [0.5, 0.6) is 17.2 Å². The van der Waals surface area contributed by atoms with Crippen molar-refractivity contribution in [1.29, 1.82) is 0 Å². The molecule has 0 saturated heterocycles. The number of benzene rings is 2. The zero-order valence-corrected chi connectivity index (χ0v) is 13.9. The van der Waals surface area contributed by atoms with Gasteiger partial charge in [0, 0.05) is 11.5 Å². The van der Waals surface area contributed by atoms with Crippen LogP contribution in [0.4, 0.5) is 0 Å². The van der Waals surface area contributed by atoms with E-state index in [1.807, 2.05) is 24.3 Å². The summed E-state index contributed by atoms with van der Waals surface area (Å²) in [6.45, 7) is 0. The molecule has 0 fully saturated rings. The first-order valence-electron chi connectivity index (χ1n) is 8.20. The van der Waals surface area contributed by atoms with Gasteiger partial charge >= 0.3 is 0 Å². The molecule has 0 saturated carbocycles. The standard InChI is InChI=1S/C21H20O3/c1-22-17-10-11-19-16(12-17)9-8-15-7-6-14-4-3-5-20(23-2)18(14)13-21(15)24-19/h3-7,10-13,15H,8-9H2,1-2H3. The molecule has 1 heterocycles. The van der Waals surface area contributed by atoms with Crippen molar-refractivity contribution in [3.63, 3.8) is 0 Å². The molecule has 1 unspecified atom stereocenters. The Kier molecular flexibility index (Phi) is 3.77. The maximum atomic E-state index is 6.30. The van der Waals surface area contributed by atoms with Crippen molar-refractivity contribution < 1.29 is 14.2 Å². The number of methoxy groups -OCH3 is 2. The van der Waals surface area contributed by atoms with Crippen molar-refractivity contribution in [3.8, 4) is 17.2 Å². The Morgan fingerprint density at radius 2 is 2.00 bits per heavy atom. The van der Waals surface area contributed by atoms with Gasteiger partial charge in [0.2, 0.25) is 0 Å². The van der Waals surface area contributed by atoms with Crippen LogP contribution in [-0.2, 0) is 6.42 Å². The van der Waals surface area contributed by atoms with Gasteiger partial charge in [-0.3, -0.25) is 0 Å². The van der Waals surface area contributed by atoms with Crippen LogP contribution in [-0.4, -0.2) is 14.2 Å². The lowest BCUT2D eigenvalue weighted by Gasteiger charge is -2.14. The molecule has 3 heteroatoms. The van der Waals surface area contributed by atoms with Gasteiger partial charge in [-0.2, -0.15) is 0 Å².